The van der Waals surface area contributed by atoms with Crippen LogP contribution in [0.15, 0.2) is 0 Å². The summed E-state index contributed by atoms with van der Waals surface area (Å²) in [5.41, 5.74) is 0. The van der Waals surface area contributed by atoms with Gasteiger partial charge in [-0.3, -0.25) is 9.80 Å². The Morgan fingerprint density at radius 1 is 1.23 bits per heavy atom. The molecular formula is C10H17N3. The maximum absolute atomic E-state index is 8.60. The molecule has 0 amide bonds. The van der Waals surface area contributed by atoms with Crippen LogP contribution < -0.4 is 0 Å². The van der Waals surface area contributed by atoms with Gasteiger partial charge in [0.2, 0.25) is 0 Å². The smallest absolute Gasteiger partial charge is 0.0876 e. The van der Waals surface area contributed by atoms with Gasteiger partial charge in [0.05, 0.1) is 19.3 Å². The molecule has 3 heteroatoms. The highest BCUT2D eigenvalue weighted by molar-refractivity contribution is 4.85. The molecule has 0 saturated carbocycles. The van der Waals surface area contributed by atoms with Gasteiger partial charge in [-0.1, -0.05) is 6.42 Å². The molecule has 2 saturated heterocycles. The zero-order valence-corrected chi connectivity index (χ0v) is 8.08. The molecule has 0 aromatic rings. The van der Waals surface area contributed by atoms with Gasteiger partial charge in [0.15, 0.2) is 0 Å². The van der Waals surface area contributed by atoms with Gasteiger partial charge in [0, 0.05) is 12.6 Å². The molecule has 3 nitrogen and oxygen atoms in total. The van der Waals surface area contributed by atoms with Crippen molar-refractivity contribution in [3.63, 3.8) is 0 Å². The minimum Gasteiger partial charge on any atom is -0.287 e. The van der Waals surface area contributed by atoms with E-state index < -0.39 is 0 Å². The number of fused-ring (bicyclic) bond motifs is 1. The molecule has 2 aliphatic heterocycles. The first kappa shape index (κ1) is 8.98. The lowest BCUT2D eigenvalue weighted by atomic mass is 9.98. The van der Waals surface area contributed by atoms with Crippen LogP contribution in [0.5, 0.6) is 0 Å². The lowest BCUT2D eigenvalue weighted by Crippen LogP contribution is -2.52. The molecular weight excluding hydrogens is 162 g/mol. The van der Waals surface area contributed by atoms with Crippen LogP contribution in [0.3, 0.4) is 0 Å². The number of nitrogens with zero attached hydrogens (tertiary/aromatic N) is 3. The van der Waals surface area contributed by atoms with E-state index in [1.54, 1.807) is 0 Å². The van der Waals surface area contributed by atoms with E-state index in [1.807, 2.05) is 0 Å². The molecule has 0 aromatic heterocycles. The lowest BCUT2D eigenvalue weighted by Gasteiger charge is -2.43. The van der Waals surface area contributed by atoms with Gasteiger partial charge in [-0.05, 0) is 25.8 Å². The SMILES string of the molecule is N#CCN1CC[C@@H]2CCCCN2C1. The van der Waals surface area contributed by atoms with Crippen molar-refractivity contribution >= 4 is 0 Å². The van der Waals surface area contributed by atoms with Crippen LogP contribution in [0.1, 0.15) is 25.7 Å². The molecule has 0 aromatic carbocycles. The maximum atomic E-state index is 8.60. The van der Waals surface area contributed by atoms with E-state index in [0.717, 1.165) is 19.3 Å². The van der Waals surface area contributed by atoms with Crippen LogP contribution in [-0.4, -0.2) is 42.1 Å². The van der Waals surface area contributed by atoms with E-state index in [-0.39, 0.29) is 0 Å². The first-order chi connectivity index (χ1) is 6.40. The number of hydrogen-bond acceptors (Lipinski definition) is 3. The fourth-order valence-corrected chi connectivity index (χ4v) is 2.46. The van der Waals surface area contributed by atoms with Crippen LogP contribution in [-0.2, 0) is 0 Å². The lowest BCUT2D eigenvalue weighted by molar-refractivity contribution is 0.0242. The Hall–Kier alpha value is -0.590. The molecule has 0 radical (unpaired) electrons. The molecule has 0 bridgehead atoms. The van der Waals surface area contributed by atoms with E-state index >= 15 is 0 Å². The second kappa shape index (κ2) is 4.08. The molecule has 1 atom stereocenters. The number of nitriles is 1. The van der Waals surface area contributed by atoms with E-state index in [0.29, 0.717) is 6.54 Å². The van der Waals surface area contributed by atoms with Gasteiger partial charge in [0.1, 0.15) is 0 Å². The van der Waals surface area contributed by atoms with E-state index in [1.165, 1.54) is 32.2 Å². The Morgan fingerprint density at radius 3 is 3.00 bits per heavy atom. The van der Waals surface area contributed by atoms with Crippen molar-refractivity contribution in [1.29, 1.82) is 5.26 Å². The molecule has 72 valence electrons. The number of rotatable bonds is 1. The quantitative estimate of drug-likeness (QED) is 0.563. The van der Waals surface area contributed by atoms with Gasteiger partial charge >= 0.3 is 0 Å². The summed E-state index contributed by atoms with van der Waals surface area (Å²) >= 11 is 0. The van der Waals surface area contributed by atoms with Crippen molar-refractivity contribution in [2.45, 2.75) is 31.7 Å². The molecule has 2 aliphatic rings. The van der Waals surface area contributed by atoms with Gasteiger partial charge in [-0.15, -0.1) is 0 Å². The van der Waals surface area contributed by atoms with Crippen molar-refractivity contribution in [2.75, 3.05) is 26.3 Å². The summed E-state index contributed by atoms with van der Waals surface area (Å²) in [4.78, 5) is 4.80. The van der Waals surface area contributed by atoms with Gasteiger partial charge in [-0.25, -0.2) is 0 Å². The standard InChI is InChI=1S/C10H17N3/c11-5-8-12-7-4-10-3-1-2-6-13(10)9-12/h10H,1-4,6-9H2/t10-/m0/s1. The second-order valence-corrected chi connectivity index (χ2v) is 4.10. The van der Waals surface area contributed by atoms with Crippen LogP contribution in [0.2, 0.25) is 0 Å². The maximum Gasteiger partial charge on any atom is 0.0876 e. The summed E-state index contributed by atoms with van der Waals surface area (Å²) in [5.74, 6) is 0. The first-order valence-electron chi connectivity index (χ1n) is 5.23. The topological polar surface area (TPSA) is 30.3 Å². The van der Waals surface area contributed by atoms with E-state index in [4.69, 9.17) is 5.26 Å². The Labute approximate surface area is 79.9 Å². The van der Waals surface area contributed by atoms with Crippen LogP contribution >= 0.6 is 0 Å². The second-order valence-electron chi connectivity index (χ2n) is 4.10. The highest BCUT2D eigenvalue weighted by atomic mass is 15.3. The Bertz CT molecular complexity index is 209. The minimum absolute atomic E-state index is 0.600. The predicted octanol–water partition coefficient (Wildman–Crippen LogP) is 1.03. The summed E-state index contributed by atoms with van der Waals surface area (Å²) in [6, 6.07) is 3.06. The van der Waals surface area contributed by atoms with Crippen LogP contribution in [0.25, 0.3) is 0 Å². The zero-order valence-electron chi connectivity index (χ0n) is 8.08. The summed E-state index contributed by atoms with van der Waals surface area (Å²) in [6.07, 6.45) is 5.39. The summed E-state index contributed by atoms with van der Waals surface area (Å²) in [5, 5.41) is 8.60. The monoisotopic (exact) mass is 179 g/mol. The number of hydrogen-bond donors (Lipinski definition) is 0. The van der Waals surface area contributed by atoms with Crippen molar-refractivity contribution in [2.24, 2.45) is 0 Å². The highest BCUT2D eigenvalue weighted by Crippen LogP contribution is 2.23. The van der Waals surface area contributed by atoms with Crippen molar-refractivity contribution < 1.29 is 0 Å². The highest BCUT2D eigenvalue weighted by Gasteiger charge is 2.28. The molecule has 2 fully saturated rings. The third-order valence-electron chi connectivity index (χ3n) is 3.20. The van der Waals surface area contributed by atoms with Crippen molar-refractivity contribution in [3.05, 3.63) is 0 Å². The fourth-order valence-electron chi connectivity index (χ4n) is 2.46. The van der Waals surface area contributed by atoms with E-state index in [9.17, 15) is 0 Å². The summed E-state index contributed by atoms with van der Waals surface area (Å²) in [6.45, 7) is 3.99. The molecule has 0 N–H and O–H groups in total. The van der Waals surface area contributed by atoms with Crippen molar-refractivity contribution in [1.82, 2.24) is 9.80 Å². The third kappa shape index (κ3) is 2.01. The average molecular weight is 179 g/mol. The van der Waals surface area contributed by atoms with Gasteiger partial charge in [0.25, 0.3) is 0 Å². The predicted molar refractivity (Wildman–Crippen MR) is 51.0 cm³/mol. The molecule has 2 rings (SSSR count). The summed E-state index contributed by atoms with van der Waals surface area (Å²) in [7, 11) is 0. The normalized spacial score (nSPS) is 30.8. The molecule has 13 heavy (non-hydrogen) atoms. The van der Waals surface area contributed by atoms with Gasteiger partial charge in [-0.2, -0.15) is 5.26 Å². The Balaban J connectivity index is 1.88. The molecule has 0 unspecified atom stereocenters. The molecule has 2 heterocycles. The van der Waals surface area contributed by atoms with Crippen molar-refractivity contribution in [3.8, 4) is 6.07 Å². The summed E-state index contributed by atoms with van der Waals surface area (Å²) < 4.78 is 0. The Kier molecular flexibility index (Phi) is 2.82. The third-order valence-corrected chi connectivity index (χ3v) is 3.20. The Morgan fingerprint density at radius 2 is 2.15 bits per heavy atom. The fraction of sp³-hybridized carbons (Fsp3) is 0.900. The minimum atomic E-state index is 0.600. The average Bonchev–Trinajstić information content (AvgIpc) is 2.18. The van der Waals surface area contributed by atoms with Crippen LogP contribution in [0.4, 0.5) is 0 Å². The number of piperidine rings is 1. The van der Waals surface area contributed by atoms with Gasteiger partial charge < -0.3 is 0 Å². The first-order valence-corrected chi connectivity index (χ1v) is 5.23. The molecule has 0 spiro atoms. The largest absolute Gasteiger partial charge is 0.287 e. The zero-order chi connectivity index (χ0) is 9.10. The molecule has 0 aliphatic carbocycles. The van der Waals surface area contributed by atoms with Crippen LogP contribution in [0, 0.1) is 11.3 Å². The van der Waals surface area contributed by atoms with E-state index in [2.05, 4.69) is 15.9 Å².